The van der Waals surface area contributed by atoms with Crippen LogP contribution in [0.5, 0.6) is 0 Å². The fraction of sp³-hybridized carbons (Fsp3) is 0.412. The van der Waals surface area contributed by atoms with Gasteiger partial charge in [-0.3, -0.25) is 0 Å². The molecule has 0 heteroatoms. The van der Waals surface area contributed by atoms with E-state index in [4.69, 9.17) is 0 Å². The number of hydrogen-bond donors (Lipinski definition) is 0. The van der Waals surface area contributed by atoms with Gasteiger partial charge in [-0.25, -0.2) is 0 Å². The molecule has 0 amide bonds. The molecule has 0 N–H and O–H groups in total. The summed E-state index contributed by atoms with van der Waals surface area (Å²) in [5, 5.41) is 2.77. The summed E-state index contributed by atoms with van der Waals surface area (Å²) in [6, 6.07) is 13.8. The normalized spacial score (nSPS) is 10.9. The number of fused-ring (bicyclic) bond motifs is 1. The maximum Gasteiger partial charge on any atom is -0.0181 e. The molecule has 0 fully saturated rings. The fourth-order valence-corrected chi connectivity index (χ4v) is 2.33. The second kappa shape index (κ2) is 5.86. The summed E-state index contributed by atoms with van der Waals surface area (Å²) in [5.41, 5.74) is 2.93. The molecule has 0 bridgehead atoms. The zero-order valence-electron chi connectivity index (χ0n) is 11.0. The summed E-state index contributed by atoms with van der Waals surface area (Å²) in [5.74, 6) is 0. The fourth-order valence-electron chi connectivity index (χ4n) is 2.33. The molecule has 0 radical (unpaired) electrons. The maximum absolute atomic E-state index is 2.35. The predicted molar refractivity (Wildman–Crippen MR) is 76.6 cm³/mol. The van der Waals surface area contributed by atoms with Gasteiger partial charge in [-0.05, 0) is 41.2 Å². The molecule has 0 atom stereocenters. The zero-order chi connectivity index (χ0) is 12.1. The molecular weight excluding hydrogens is 204 g/mol. The van der Waals surface area contributed by atoms with Crippen molar-refractivity contribution >= 4 is 10.8 Å². The van der Waals surface area contributed by atoms with E-state index >= 15 is 0 Å². The second-order valence-corrected chi connectivity index (χ2v) is 4.87. The van der Waals surface area contributed by atoms with Gasteiger partial charge in [0.05, 0.1) is 0 Å². The number of hydrogen-bond acceptors (Lipinski definition) is 0. The molecule has 0 aliphatic rings. The maximum atomic E-state index is 2.35. The Morgan fingerprint density at radius 2 is 1.29 bits per heavy atom. The summed E-state index contributed by atoms with van der Waals surface area (Å²) < 4.78 is 0. The third-order valence-electron chi connectivity index (χ3n) is 3.33. The van der Waals surface area contributed by atoms with Gasteiger partial charge in [0.25, 0.3) is 0 Å². The Morgan fingerprint density at radius 3 is 1.82 bits per heavy atom. The van der Waals surface area contributed by atoms with Crippen LogP contribution in [0, 0.1) is 0 Å². The van der Waals surface area contributed by atoms with Gasteiger partial charge in [-0.1, -0.05) is 63.1 Å². The number of benzene rings is 2. The monoisotopic (exact) mass is 226 g/mol. The van der Waals surface area contributed by atoms with Gasteiger partial charge in [0.2, 0.25) is 0 Å². The summed E-state index contributed by atoms with van der Waals surface area (Å²) in [7, 11) is 0. The number of rotatable bonds is 5. The predicted octanol–water partition coefficient (Wildman–Crippen LogP) is 5.13. The van der Waals surface area contributed by atoms with Crippen LogP contribution in [0.3, 0.4) is 0 Å². The Labute approximate surface area is 105 Å². The summed E-state index contributed by atoms with van der Waals surface area (Å²) >= 11 is 0. The van der Waals surface area contributed by atoms with E-state index in [1.165, 1.54) is 54.0 Å². The van der Waals surface area contributed by atoms with E-state index in [1.807, 2.05) is 0 Å². The molecule has 0 unspecified atom stereocenters. The van der Waals surface area contributed by atoms with Gasteiger partial charge in [-0.15, -0.1) is 0 Å². The van der Waals surface area contributed by atoms with Gasteiger partial charge in [0.1, 0.15) is 0 Å². The second-order valence-electron chi connectivity index (χ2n) is 4.87. The van der Waals surface area contributed by atoms with Crippen LogP contribution in [0.25, 0.3) is 10.8 Å². The van der Waals surface area contributed by atoms with Crippen LogP contribution in [0.15, 0.2) is 36.4 Å². The molecule has 0 nitrogen and oxygen atoms in total. The van der Waals surface area contributed by atoms with Crippen molar-refractivity contribution in [3.05, 3.63) is 47.5 Å². The third kappa shape index (κ3) is 3.09. The minimum atomic E-state index is 1.19. The lowest BCUT2D eigenvalue weighted by molar-refractivity contribution is 0.796. The quantitative estimate of drug-likeness (QED) is 0.662. The van der Waals surface area contributed by atoms with Gasteiger partial charge in [-0.2, -0.15) is 0 Å². The molecule has 0 aliphatic carbocycles. The van der Waals surface area contributed by atoms with Crippen LogP contribution in [-0.4, -0.2) is 0 Å². The molecule has 2 rings (SSSR count). The van der Waals surface area contributed by atoms with E-state index in [2.05, 4.69) is 50.2 Å². The van der Waals surface area contributed by atoms with Crippen molar-refractivity contribution in [2.75, 3.05) is 0 Å². The van der Waals surface area contributed by atoms with Gasteiger partial charge in [0, 0.05) is 0 Å². The van der Waals surface area contributed by atoms with E-state index in [9.17, 15) is 0 Å². The zero-order valence-corrected chi connectivity index (χ0v) is 11.0. The molecular formula is C17H22. The molecule has 0 heterocycles. The smallest absolute Gasteiger partial charge is 0.0181 e. The Kier molecular flexibility index (Phi) is 4.19. The summed E-state index contributed by atoms with van der Waals surface area (Å²) in [6.07, 6.45) is 6.18. The van der Waals surface area contributed by atoms with E-state index in [0.717, 1.165) is 0 Å². The van der Waals surface area contributed by atoms with Gasteiger partial charge >= 0.3 is 0 Å². The van der Waals surface area contributed by atoms with E-state index in [0.29, 0.717) is 0 Å². The molecule has 2 aromatic rings. The van der Waals surface area contributed by atoms with Crippen molar-refractivity contribution in [1.29, 1.82) is 0 Å². The van der Waals surface area contributed by atoms with Crippen molar-refractivity contribution in [2.24, 2.45) is 0 Å². The highest BCUT2D eigenvalue weighted by Gasteiger charge is 1.98. The summed E-state index contributed by atoms with van der Waals surface area (Å²) in [6.45, 7) is 4.48. The molecule has 0 saturated carbocycles. The lowest BCUT2D eigenvalue weighted by Gasteiger charge is -2.05. The minimum absolute atomic E-state index is 1.19. The first-order chi connectivity index (χ1) is 8.33. The average molecular weight is 226 g/mol. The highest BCUT2D eigenvalue weighted by molar-refractivity contribution is 5.83. The molecule has 2 aromatic carbocycles. The molecule has 0 aromatic heterocycles. The summed E-state index contributed by atoms with van der Waals surface area (Å²) in [4.78, 5) is 0. The first kappa shape index (κ1) is 12.2. The Morgan fingerprint density at radius 1 is 0.706 bits per heavy atom. The molecule has 90 valence electrons. The SMILES string of the molecule is CCCCc1ccc2cc(CCC)ccc2c1. The molecule has 0 aliphatic heterocycles. The van der Waals surface area contributed by atoms with E-state index < -0.39 is 0 Å². The Hall–Kier alpha value is -1.30. The lowest BCUT2D eigenvalue weighted by atomic mass is 10.0. The van der Waals surface area contributed by atoms with Crippen molar-refractivity contribution < 1.29 is 0 Å². The standard InChI is InChI=1S/C17H22/c1-3-5-7-15-9-11-16-12-14(6-4-2)8-10-17(16)13-15/h8-13H,3-7H2,1-2H3. The molecule has 0 spiro atoms. The van der Waals surface area contributed by atoms with Crippen molar-refractivity contribution in [3.63, 3.8) is 0 Å². The van der Waals surface area contributed by atoms with Gasteiger partial charge < -0.3 is 0 Å². The van der Waals surface area contributed by atoms with Crippen LogP contribution < -0.4 is 0 Å². The van der Waals surface area contributed by atoms with E-state index in [1.54, 1.807) is 0 Å². The Balaban J connectivity index is 2.26. The van der Waals surface area contributed by atoms with Crippen LogP contribution >= 0.6 is 0 Å². The molecule has 0 saturated heterocycles. The largest absolute Gasteiger partial charge is 0.0654 e. The number of aryl methyl sites for hydroxylation is 2. The van der Waals surface area contributed by atoms with Crippen LogP contribution in [-0.2, 0) is 12.8 Å². The Bertz CT molecular complexity index is 482. The van der Waals surface area contributed by atoms with Crippen LogP contribution in [0.4, 0.5) is 0 Å². The number of unbranched alkanes of at least 4 members (excludes halogenated alkanes) is 1. The third-order valence-corrected chi connectivity index (χ3v) is 3.33. The van der Waals surface area contributed by atoms with E-state index in [-0.39, 0.29) is 0 Å². The lowest BCUT2D eigenvalue weighted by Crippen LogP contribution is -1.87. The topological polar surface area (TPSA) is 0 Å². The highest BCUT2D eigenvalue weighted by atomic mass is 14.0. The molecule has 17 heavy (non-hydrogen) atoms. The minimum Gasteiger partial charge on any atom is -0.0654 e. The first-order valence-electron chi connectivity index (χ1n) is 6.85. The highest BCUT2D eigenvalue weighted by Crippen LogP contribution is 2.19. The van der Waals surface area contributed by atoms with Gasteiger partial charge in [0.15, 0.2) is 0 Å². The van der Waals surface area contributed by atoms with Crippen molar-refractivity contribution in [2.45, 2.75) is 46.0 Å². The first-order valence-corrected chi connectivity index (χ1v) is 6.85. The van der Waals surface area contributed by atoms with Crippen LogP contribution in [0.1, 0.15) is 44.2 Å². The van der Waals surface area contributed by atoms with Crippen molar-refractivity contribution in [1.82, 2.24) is 0 Å². The van der Waals surface area contributed by atoms with Crippen LogP contribution in [0.2, 0.25) is 0 Å². The van der Waals surface area contributed by atoms with Crippen molar-refractivity contribution in [3.8, 4) is 0 Å². The average Bonchev–Trinajstić information content (AvgIpc) is 2.36.